The van der Waals surface area contributed by atoms with Crippen LogP contribution >= 0.6 is 0 Å². The molecule has 0 saturated carbocycles. The standard InChI is InChI=1S/C25H24FN3O4/c1-3-19-6-4-5-7-21(19)28-24(30)25(31)29-27-15-18-10-13-22(23(14-18)32-2)33-16-17-8-11-20(26)12-9-17/h4-15H,3,16H2,1-2H3,(H,28,30)(H,29,31)/b27-15+. The lowest BCUT2D eigenvalue weighted by atomic mass is 10.1. The van der Waals surface area contributed by atoms with Crippen molar-refractivity contribution >= 4 is 23.7 Å². The molecule has 0 aliphatic rings. The molecule has 0 heterocycles. The van der Waals surface area contributed by atoms with E-state index in [4.69, 9.17) is 9.47 Å². The summed E-state index contributed by atoms with van der Waals surface area (Å²) >= 11 is 0. The van der Waals surface area contributed by atoms with E-state index in [9.17, 15) is 14.0 Å². The molecule has 0 aromatic heterocycles. The summed E-state index contributed by atoms with van der Waals surface area (Å²) in [5.41, 5.74) is 5.16. The van der Waals surface area contributed by atoms with Crippen molar-refractivity contribution in [1.82, 2.24) is 5.43 Å². The molecule has 0 aliphatic heterocycles. The molecule has 0 aliphatic carbocycles. The minimum atomic E-state index is -0.886. The van der Waals surface area contributed by atoms with Gasteiger partial charge < -0.3 is 14.8 Å². The number of rotatable bonds is 8. The van der Waals surface area contributed by atoms with Crippen LogP contribution in [-0.2, 0) is 22.6 Å². The number of carbonyl (C=O) groups is 2. The fourth-order valence-corrected chi connectivity index (χ4v) is 2.97. The van der Waals surface area contributed by atoms with Gasteiger partial charge in [-0.3, -0.25) is 9.59 Å². The summed E-state index contributed by atoms with van der Waals surface area (Å²) in [6.07, 6.45) is 2.11. The Morgan fingerprint density at radius 1 is 1.00 bits per heavy atom. The molecule has 170 valence electrons. The van der Waals surface area contributed by atoms with E-state index in [0.717, 1.165) is 17.5 Å². The molecule has 7 nitrogen and oxygen atoms in total. The van der Waals surface area contributed by atoms with Crippen molar-refractivity contribution in [3.63, 3.8) is 0 Å². The van der Waals surface area contributed by atoms with Crippen LogP contribution in [0.25, 0.3) is 0 Å². The third-order valence-corrected chi connectivity index (χ3v) is 4.73. The van der Waals surface area contributed by atoms with Crippen LogP contribution in [0.2, 0.25) is 0 Å². The molecule has 0 saturated heterocycles. The summed E-state index contributed by atoms with van der Waals surface area (Å²) in [4.78, 5) is 24.2. The van der Waals surface area contributed by atoms with E-state index < -0.39 is 11.8 Å². The van der Waals surface area contributed by atoms with Gasteiger partial charge in [-0.25, -0.2) is 9.82 Å². The smallest absolute Gasteiger partial charge is 0.329 e. The molecule has 3 aromatic rings. The number of amides is 2. The number of halogens is 1. The highest BCUT2D eigenvalue weighted by Crippen LogP contribution is 2.28. The number of hydrogen-bond acceptors (Lipinski definition) is 5. The first kappa shape index (κ1) is 23.5. The van der Waals surface area contributed by atoms with E-state index in [1.807, 2.05) is 19.1 Å². The topological polar surface area (TPSA) is 89.0 Å². The Bertz CT molecular complexity index is 1150. The third-order valence-electron chi connectivity index (χ3n) is 4.73. The molecule has 0 bridgehead atoms. The first-order valence-corrected chi connectivity index (χ1v) is 10.3. The van der Waals surface area contributed by atoms with Crippen LogP contribution < -0.4 is 20.2 Å². The Labute approximate surface area is 191 Å². The fraction of sp³-hybridized carbons (Fsp3) is 0.160. The third kappa shape index (κ3) is 6.64. The van der Waals surface area contributed by atoms with E-state index in [0.29, 0.717) is 22.7 Å². The molecule has 2 amide bonds. The second-order valence-corrected chi connectivity index (χ2v) is 6.99. The highest BCUT2D eigenvalue weighted by Gasteiger charge is 2.14. The Morgan fingerprint density at radius 2 is 1.76 bits per heavy atom. The van der Waals surface area contributed by atoms with Gasteiger partial charge in [-0.15, -0.1) is 0 Å². The number of nitrogens with one attached hydrogen (secondary N) is 2. The van der Waals surface area contributed by atoms with Gasteiger partial charge in [-0.05, 0) is 59.5 Å². The maximum atomic E-state index is 13.0. The summed E-state index contributed by atoms with van der Waals surface area (Å²) in [5.74, 6) is -1.05. The largest absolute Gasteiger partial charge is 0.493 e. The highest BCUT2D eigenvalue weighted by molar-refractivity contribution is 6.39. The number of anilines is 1. The number of methoxy groups -OCH3 is 1. The lowest BCUT2D eigenvalue weighted by Crippen LogP contribution is -2.32. The fourth-order valence-electron chi connectivity index (χ4n) is 2.97. The van der Waals surface area contributed by atoms with Crippen LogP contribution in [0, 0.1) is 5.82 Å². The minimum absolute atomic E-state index is 0.246. The molecule has 8 heteroatoms. The number of carbonyl (C=O) groups excluding carboxylic acids is 2. The van der Waals surface area contributed by atoms with Gasteiger partial charge in [-0.2, -0.15) is 5.10 Å². The molecule has 0 fully saturated rings. The Morgan fingerprint density at radius 3 is 2.48 bits per heavy atom. The maximum Gasteiger partial charge on any atom is 0.329 e. The number of hydrazone groups is 1. The molecule has 0 spiro atoms. The van der Waals surface area contributed by atoms with Gasteiger partial charge in [0.25, 0.3) is 0 Å². The second-order valence-electron chi connectivity index (χ2n) is 6.99. The number of nitrogens with zero attached hydrogens (tertiary/aromatic N) is 1. The van der Waals surface area contributed by atoms with Crippen LogP contribution in [0.4, 0.5) is 10.1 Å². The molecule has 0 atom stereocenters. The van der Waals surface area contributed by atoms with Crippen molar-refractivity contribution in [2.45, 2.75) is 20.0 Å². The van der Waals surface area contributed by atoms with Crippen molar-refractivity contribution in [1.29, 1.82) is 0 Å². The van der Waals surface area contributed by atoms with Gasteiger partial charge in [-0.1, -0.05) is 37.3 Å². The average molecular weight is 449 g/mol. The summed E-state index contributed by atoms with van der Waals surface area (Å²) < 4.78 is 24.1. The van der Waals surface area contributed by atoms with Crippen molar-refractivity contribution < 1.29 is 23.5 Å². The molecule has 3 aromatic carbocycles. The Kier molecular flexibility index (Phi) is 8.13. The number of benzene rings is 3. The number of aryl methyl sites for hydroxylation is 1. The van der Waals surface area contributed by atoms with E-state index in [1.165, 1.54) is 25.5 Å². The van der Waals surface area contributed by atoms with Crippen molar-refractivity contribution in [2.75, 3.05) is 12.4 Å². The summed E-state index contributed by atoms with van der Waals surface area (Å²) in [7, 11) is 1.50. The van der Waals surface area contributed by atoms with E-state index in [1.54, 1.807) is 42.5 Å². The average Bonchev–Trinajstić information content (AvgIpc) is 2.84. The summed E-state index contributed by atoms with van der Waals surface area (Å²) in [6.45, 7) is 2.21. The summed E-state index contributed by atoms with van der Waals surface area (Å²) in [5, 5.41) is 6.42. The van der Waals surface area contributed by atoms with Crippen LogP contribution in [0.1, 0.15) is 23.6 Å². The molecule has 2 N–H and O–H groups in total. The first-order valence-electron chi connectivity index (χ1n) is 10.3. The number of para-hydroxylation sites is 1. The quantitative estimate of drug-likeness (QED) is 0.308. The van der Waals surface area contributed by atoms with Crippen molar-refractivity contribution in [3.05, 3.63) is 89.2 Å². The van der Waals surface area contributed by atoms with E-state index >= 15 is 0 Å². The molecule has 0 radical (unpaired) electrons. The second kappa shape index (κ2) is 11.4. The molecule has 33 heavy (non-hydrogen) atoms. The molecular weight excluding hydrogens is 425 g/mol. The Hall–Kier alpha value is -4.20. The zero-order chi connectivity index (χ0) is 23.6. The maximum absolute atomic E-state index is 13.0. The predicted molar refractivity (Wildman–Crippen MR) is 124 cm³/mol. The molecular formula is C25H24FN3O4. The van der Waals surface area contributed by atoms with Gasteiger partial charge in [0.1, 0.15) is 12.4 Å². The van der Waals surface area contributed by atoms with Gasteiger partial charge in [0.2, 0.25) is 0 Å². The normalized spacial score (nSPS) is 10.6. The molecule has 0 unspecified atom stereocenters. The van der Waals surface area contributed by atoms with Crippen molar-refractivity contribution in [3.8, 4) is 11.5 Å². The predicted octanol–water partition coefficient (Wildman–Crippen LogP) is 4.06. The molecule has 3 rings (SSSR count). The van der Waals surface area contributed by atoms with Crippen LogP contribution in [-0.4, -0.2) is 25.1 Å². The Balaban J connectivity index is 1.57. The lowest BCUT2D eigenvalue weighted by molar-refractivity contribution is -0.136. The SMILES string of the molecule is CCc1ccccc1NC(=O)C(=O)N/N=C/c1ccc(OCc2ccc(F)cc2)c(OC)c1. The van der Waals surface area contributed by atoms with Crippen molar-refractivity contribution in [2.24, 2.45) is 5.10 Å². The van der Waals surface area contributed by atoms with E-state index in [2.05, 4.69) is 15.8 Å². The lowest BCUT2D eigenvalue weighted by Gasteiger charge is -2.11. The minimum Gasteiger partial charge on any atom is -0.493 e. The van der Waals surface area contributed by atoms with Crippen LogP contribution in [0.5, 0.6) is 11.5 Å². The zero-order valence-corrected chi connectivity index (χ0v) is 18.3. The number of ether oxygens (including phenoxy) is 2. The summed E-state index contributed by atoms with van der Waals surface area (Å²) in [6, 6.07) is 18.4. The highest BCUT2D eigenvalue weighted by atomic mass is 19.1. The van der Waals surface area contributed by atoms with Crippen LogP contribution in [0.15, 0.2) is 71.8 Å². The van der Waals surface area contributed by atoms with Gasteiger partial charge in [0, 0.05) is 5.69 Å². The first-order chi connectivity index (χ1) is 16.0. The zero-order valence-electron chi connectivity index (χ0n) is 18.3. The number of hydrogen-bond donors (Lipinski definition) is 2. The van der Waals surface area contributed by atoms with Gasteiger partial charge >= 0.3 is 11.8 Å². The monoisotopic (exact) mass is 449 g/mol. The van der Waals surface area contributed by atoms with Gasteiger partial charge in [0.15, 0.2) is 11.5 Å². The van der Waals surface area contributed by atoms with Gasteiger partial charge in [0.05, 0.1) is 13.3 Å². The van der Waals surface area contributed by atoms with E-state index in [-0.39, 0.29) is 12.4 Å². The van der Waals surface area contributed by atoms with Crippen LogP contribution in [0.3, 0.4) is 0 Å².